The molecule has 4 nitrogen and oxygen atoms in total. The number of anilines is 1. The fourth-order valence-electron chi connectivity index (χ4n) is 3.31. The van der Waals surface area contributed by atoms with Crippen LogP contribution in [-0.4, -0.2) is 29.3 Å². The fourth-order valence-corrected chi connectivity index (χ4v) is 3.31. The highest BCUT2D eigenvalue weighted by atomic mass is 16.2. The van der Waals surface area contributed by atoms with Gasteiger partial charge in [-0.3, -0.25) is 9.59 Å². The van der Waals surface area contributed by atoms with E-state index in [9.17, 15) is 9.59 Å². The van der Waals surface area contributed by atoms with E-state index in [1.54, 1.807) is 6.92 Å². The van der Waals surface area contributed by atoms with Crippen LogP contribution < -0.4 is 5.32 Å². The highest BCUT2D eigenvalue weighted by Crippen LogP contribution is 2.23. The molecule has 1 saturated carbocycles. The average molecular weight is 316 g/mol. The van der Waals surface area contributed by atoms with Crippen LogP contribution in [0, 0.1) is 13.8 Å². The van der Waals surface area contributed by atoms with Crippen molar-refractivity contribution in [3.8, 4) is 0 Å². The van der Waals surface area contributed by atoms with Crippen LogP contribution in [0.25, 0.3) is 0 Å². The van der Waals surface area contributed by atoms with Gasteiger partial charge in [-0.2, -0.15) is 0 Å². The number of amides is 2. The van der Waals surface area contributed by atoms with Crippen molar-refractivity contribution in [1.82, 2.24) is 4.90 Å². The maximum atomic E-state index is 12.2. The van der Waals surface area contributed by atoms with Gasteiger partial charge < -0.3 is 10.2 Å². The number of hydrogen-bond donors (Lipinski definition) is 1. The van der Waals surface area contributed by atoms with E-state index in [4.69, 9.17) is 0 Å². The zero-order valence-corrected chi connectivity index (χ0v) is 14.5. The molecule has 0 heterocycles. The third-order valence-electron chi connectivity index (χ3n) is 4.88. The Hall–Kier alpha value is -1.84. The Morgan fingerprint density at radius 1 is 1.17 bits per heavy atom. The molecule has 2 rings (SSSR count). The predicted octanol–water partition coefficient (Wildman–Crippen LogP) is 3.81. The fraction of sp³-hybridized carbons (Fsp3) is 0.579. The van der Waals surface area contributed by atoms with E-state index in [1.807, 2.05) is 36.9 Å². The number of carbonyl (C=O) groups is 2. The summed E-state index contributed by atoms with van der Waals surface area (Å²) in [7, 11) is 0. The molecule has 0 unspecified atom stereocenters. The first-order valence-corrected chi connectivity index (χ1v) is 8.62. The molecule has 0 spiro atoms. The zero-order valence-electron chi connectivity index (χ0n) is 14.5. The standard InChI is InChI=1S/C19H28N2O2/c1-14-8-7-11-18(15(14)2)20-19(23)12-13-21(16(3)22)17-9-5-4-6-10-17/h7-8,11,17H,4-6,9-10,12-13H2,1-3H3,(H,20,23). The summed E-state index contributed by atoms with van der Waals surface area (Å²) in [5, 5.41) is 2.97. The van der Waals surface area contributed by atoms with Gasteiger partial charge in [-0.15, -0.1) is 0 Å². The molecular formula is C19H28N2O2. The summed E-state index contributed by atoms with van der Waals surface area (Å²) in [4.78, 5) is 26.0. The van der Waals surface area contributed by atoms with Crippen LogP contribution in [0.15, 0.2) is 18.2 Å². The number of hydrogen-bond acceptors (Lipinski definition) is 2. The minimum atomic E-state index is -0.0271. The highest BCUT2D eigenvalue weighted by molar-refractivity contribution is 5.92. The summed E-state index contributed by atoms with van der Waals surface area (Å²) >= 11 is 0. The van der Waals surface area contributed by atoms with Crippen LogP contribution in [0.3, 0.4) is 0 Å². The van der Waals surface area contributed by atoms with Gasteiger partial charge in [0.25, 0.3) is 0 Å². The number of nitrogens with one attached hydrogen (secondary N) is 1. The first-order chi connectivity index (χ1) is 11.0. The number of rotatable bonds is 5. The summed E-state index contributed by atoms with van der Waals surface area (Å²) in [6.07, 6.45) is 6.11. The van der Waals surface area contributed by atoms with Crippen LogP contribution in [0.5, 0.6) is 0 Å². The average Bonchev–Trinajstić information content (AvgIpc) is 2.53. The minimum absolute atomic E-state index is 0.0271. The molecule has 1 N–H and O–H groups in total. The van der Waals surface area contributed by atoms with E-state index < -0.39 is 0 Å². The lowest BCUT2D eigenvalue weighted by Crippen LogP contribution is -2.41. The summed E-state index contributed by atoms with van der Waals surface area (Å²) < 4.78 is 0. The molecule has 0 aromatic heterocycles. The van der Waals surface area contributed by atoms with Gasteiger partial charge in [0.15, 0.2) is 0 Å². The van der Waals surface area contributed by atoms with Crippen LogP contribution in [0.1, 0.15) is 56.6 Å². The number of nitrogens with zero attached hydrogens (tertiary/aromatic N) is 1. The second kappa shape index (κ2) is 8.14. The Morgan fingerprint density at radius 2 is 1.87 bits per heavy atom. The largest absolute Gasteiger partial charge is 0.339 e. The normalized spacial score (nSPS) is 15.3. The van der Waals surface area contributed by atoms with E-state index in [0.717, 1.165) is 29.7 Å². The molecule has 0 radical (unpaired) electrons. The van der Waals surface area contributed by atoms with Crippen LogP contribution in [0.2, 0.25) is 0 Å². The lowest BCUT2D eigenvalue weighted by molar-refractivity contribution is -0.132. The van der Waals surface area contributed by atoms with Crippen molar-refractivity contribution in [2.24, 2.45) is 0 Å². The van der Waals surface area contributed by atoms with Crippen LogP contribution >= 0.6 is 0 Å². The van der Waals surface area contributed by atoms with Gasteiger partial charge in [0.2, 0.25) is 11.8 Å². The maximum absolute atomic E-state index is 12.2. The zero-order chi connectivity index (χ0) is 16.8. The van der Waals surface area contributed by atoms with Crippen molar-refractivity contribution in [3.05, 3.63) is 29.3 Å². The Balaban J connectivity index is 1.91. The number of aryl methyl sites for hydroxylation is 1. The Kier molecular flexibility index (Phi) is 6.20. The Bertz CT molecular complexity index is 562. The summed E-state index contributed by atoms with van der Waals surface area (Å²) in [6, 6.07) is 6.21. The molecule has 1 fully saturated rings. The van der Waals surface area contributed by atoms with Gasteiger partial charge in [0.1, 0.15) is 0 Å². The molecule has 0 atom stereocenters. The van der Waals surface area contributed by atoms with Crippen LogP contribution in [-0.2, 0) is 9.59 Å². The van der Waals surface area contributed by atoms with Gasteiger partial charge in [-0.25, -0.2) is 0 Å². The monoisotopic (exact) mass is 316 g/mol. The summed E-state index contributed by atoms with van der Waals surface area (Å²) in [5.74, 6) is 0.0530. The Morgan fingerprint density at radius 3 is 2.52 bits per heavy atom. The van der Waals surface area contributed by atoms with Crippen molar-refractivity contribution in [1.29, 1.82) is 0 Å². The van der Waals surface area contributed by atoms with Crippen molar-refractivity contribution in [2.45, 2.75) is 65.3 Å². The van der Waals surface area contributed by atoms with Crippen LogP contribution in [0.4, 0.5) is 5.69 Å². The van der Waals surface area contributed by atoms with E-state index in [0.29, 0.717) is 19.0 Å². The third kappa shape index (κ3) is 4.81. The molecule has 126 valence electrons. The predicted molar refractivity (Wildman–Crippen MR) is 93.4 cm³/mol. The lowest BCUT2D eigenvalue weighted by atomic mass is 9.94. The van der Waals surface area contributed by atoms with Gasteiger partial charge >= 0.3 is 0 Å². The third-order valence-corrected chi connectivity index (χ3v) is 4.88. The molecule has 1 aromatic rings. The molecule has 1 aliphatic carbocycles. The first-order valence-electron chi connectivity index (χ1n) is 8.62. The molecule has 2 amide bonds. The molecule has 0 aliphatic heterocycles. The highest BCUT2D eigenvalue weighted by Gasteiger charge is 2.23. The van der Waals surface area contributed by atoms with Gasteiger partial charge in [0.05, 0.1) is 0 Å². The summed E-state index contributed by atoms with van der Waals surface area (Å²) in [5.41, 5.74) is 3.12. The quantitative estimate of drug-likeness (QED) is 0.898. The van der Waals surface area contributed by atoms with Crippen molar-refractivity contribution >= 4 is 17.5 Å². The maximum Gasteiger partial charge on any atom is 0.226 e. The topological polar surface area (TPSA) is 49.4 Å². The lowest BCUT2D eigenvalue weighted by Gasteiger charge is -2.33. The van der Waals surface area contributed by atoms with E-state index in [1.165, 1.54) is 19.3 Å². The molecular weight excluding hydrogens is 288 g/mol. The molecule has 0 saturated heterocycles. The van der Waals surface area contributed by atoms with E-state index in [-0.39, 0.29) is 11.8 Å². The second-order valence-electron chi connectivity index (χ2n) is 6.55. The van der Waals surface area contributed by atoms with E-state index >= 15 is 0 Å². The number of benzene rings is 1. The first kappa shape index (κ1) is 17.5. The molecule has 1 aliphatic rings. The van der Waals surface area contributed by atoms with Crippen molar-refractivity contribution in [3.63, 3.8) is 0 Å². The van der Waals surface area contributed by atoms with Crippen molar-refractivity contribution in [2.75, 3.05) is 11.9 Å². The second-order valence-corrected chi connectivity index (χ2v) is 6.55. The molecule has 0 bridgehead atoms. The van der Waals surface area contributed by atoms with Gasteiger partial charge in [-0.1, -0.05) is 31.4 Å². The molecule has 23 heavy (non-hydrogen) atoms. The summed E-state index contributed by atoms with van der Waals surface area (Å²) in [6.45, 7) is 6.16. The minimum Gasteiger partial charge on any atom is -0.339 e. The smallest absolute Gasteiger partial charge is 0.226 e. The van der Waals surface area contributed by atoms with Gasteiger partial charge in [-0.05, 0) is 43.9 Å². The number of carbonyl (C=O) groups excluding carboxylic acids is 2. The van der Waals surface area contributed by atoms with Gasteiger partial charge in [0, 0.05) is 31.6 Å². The van der Waals surface area contributed by atoms with Crippen molar-refractivity contribution < 1.29 is 9.59 Å². The SMILES string of the molecule is CC(=O)N(CCC(=O)Nc1cccc(C)c1C)C1CCCCC1. The molecule has 4 heteroatoms. The van der Waals surface area contributed by atoms with E-state index in [2.05, 4.69) is 5.32 Å². The molecule has 1 aromatic carbocycles. The Labute approximate surface area is 139 Å².